The van der Waals surface area contributed by atoms with Gasteiger partial charge in [0.15, 0.2) is 0 Å². The first-order valence-corrected chi connectivity index (χ1v) is 6.08. The lowest BCUT2D eigenvalue weighted by molar-refractivity contribution is 0.0940. The van der Waals surface area contributed by atoms with Crippen LogP contribution >= 0.6 is 0 Å². The van der Waals surface area contributed by atoms with E-state index in [4.69, 9.17) is 11.5 Å². The number of hydrogen-bond acceptors (Lipinski definition) is 3. The van der Waals surface area contributed by atoms with Gasteiger partial charge in [-0.25, -0.2) is 0 Å². The molecule has 0 aromatic heterocycles. The molecule has 0 heterocycles. The highest BCUT2D eigenvalue weighted by Crippen LogP contribution is 2.16. The average Bonchev–Trinajstić information content (AvgIpc) is 2.38. The van der Waals surface area contributed by atoms with Gasteiger partial charge in [-0.15, -0.1) is 0 Å². The van der Waals surface area contributed by atoms with E-state index in [2.05, 4.69) is 5.32 Å². The van der Waals surface area contributed by atoms with Crippen molar-refractivity contribution in [3.8, 4) is 0 Å². The molecular weight excluding hydrogens is 238 g/mol. The summed E-state index contributed by atoms with van der Waals surface area (Å²) in [5.74, 6) is -0.185. The van der Waals surface area contributed by atoms with Crippen molar-refractivity contribution in [3.63, 3.8) is 0 Å². The zero-order valence-corrected chi connectivity index (χ0v) is 10.8. The van der Waals surface area contributed by atoms with Crippen LogP contribution in [0.1, 0.15) is 28.9 Å². The number of nitrogens with two attached hydrogens (primary N) is 2. The van der Waals surface area contributed by atoms with Crippen LogP contribution in [0.5, 0.6) is 0 Å². The molecule has 0 aliphatic rings. The molecule has 98 valence electrons. The van der Waals surface area contributed by atoms with Gasteiger partial charge in [-0.2, -0.15) is 0 Å². The average molecular weight is 255 g/mol. The van der Waals surface area contributed by atoms with Gasteiger partial charge in [0.2, 0.25) is 0 Å². The molecule has 4 nitrogen and oxygen atoms in total. The molecule has 0 radical (unpaired) electrons. The third kappa shape index (κ3) is 3.25. The van der Waals surface area contributed by atoms with Crippen LogP contribution in [0.2, 0.25) is 0 Å². The van der Waals surface area contributed by atoms with Crippen LogP contribution in [-0.4, -0.2) is 5.91 Å². The number of nitrogen functional groups attached to an aromatic ring is 2. The van der Waals surface area contributed by atoms with E-state index in [1.54, 1.807) is 18.2 Å². The van der Waals surface area contributed by atoms with Crippen LogP contribution in [0.15, 0.2) is 48.5 Å². The maximum Gasteiger partial charge on any atom is 0.251 e. The summed E-state index contributed by atoms with van der Waals surface area (Å²) in [6.07, 6.45) is 0. The highest BCUT2D eigenvalue weighted by atomic mass is 16.1. The Bertz CT molecular complexity index is 561. The monoisotopic (exact) mass is 255 g/mol. The Morgan fingerprint density at radius 2 is 1.63 bits per heavy atom. The Morgan fingerprint density at radius 1 is 1.05 bits per heavy atom. The number of hydrogen-bond donors (Lipinski definition) is 3. The quantitative estimate of drug-likeness (QED) is 0.736. The summed E-state index contributed by atoms with van der Waals surface area (Å²) in [6, 6.07) is 14.5. The maximum atomic E-state index is 12.1. The number of amides is 1. The third-order valence-corrected chi connectivity index (χ3v) is 2.89. The van der Waals surface area contributed by atoms with Gasteiger partial charge in [-0.1, -0.05) is 30.3 Å². The van der Waals surface area contributed by atoms with E-state index in [-0.39, 0.29) is 11.9 Å². The van der Waals surface area contributed by atoms with Gasteiger partial charge in [0.1, 0.15) is 0 Å². The van der Waals surface area contributed by atoms with Gasteiger partial charge in [0.05, 0.1) is 6.04 Å². The minimum absolute atomic E-state index is 0.0728. The predicted molar refractivity (Wildman–Crippen MR) is 77.6 cm³/mol. The SMILES string of the molecule is CC(NC(=O)c1cc(N)cc(N)c1)c1ccccc1. The van der Waals surface area contributed by atoms with E-state index in [0.29, 0.717) is 16.9 Å². The Labute approximate surface area is 112 Å². The molecule has 2 rings (SSSR count). The fraction of sp³-hybridized carbons (Fsp3) is 0.133. The number of nitrogens with one attached hydrogen (secondary N) is 1. The summed E-state index contributed by atoms with van der Waals surface area (Å²) < 4.78 is 0. The molecule has 2 aromatic carbocycles. The molecule has 19 heavy (non-hydrogen) atoms. The lowest BCUT2D eigenvalue weighted by Crippen LogP contribution is -2.26. The Hall–Kier alpha value is -2.49. The summed E-state index contributed by atoms with van der Waals surface area (Å²) in [5, 5.41) is 2.92. The fourth-order valence-electron chi connectivity index (χ4n) is 1.91. The van der Waals surface area contributed by atoms with Gasteiger partial charge in [0.25, 0.3) is 5.91 Å². The molecule has 1 unspecified atom stereocenters. The van der Waals surface area contributed by atoms with E-state index in [1.165, 1.54) is 0 Å². The summed E-state index contributed by atoms with van der Waals surface area (Å²) in [5.41, 5.74) is 13.8. The molecular formula is C15H17N3O. The molecule has 2 aromatic rings. The highest BCUT2D eigenvalue weighted by Gasteiger charge is 2.11. The van der Waals surface area contributed by atoms with Crippen molar-refractivity contribution in [1.29, 1.82) is 0 Å². The lowest BCUT2D eigenvalue weighted by atomic mass is 10.1. The molecule has 0 bridgehead atoms. The van der Waals surface area contributed by atoms with Crippen molar-refractivity contribution in [2.75, 3.05) is 11.5 Å². The van der Waals surface area contributed by atoms with Gasteiger partial charge in [-0.05, 0) is 30.7 Å². The first kappa shape index (κ1) is 13.0. The minimum atomic E-state index is -0.185. The summed E-state index contributed by atoms with van der Waals surface area (Å²) in [6.45, 7) is 1.93. The van der Waals surface area contributed by atoms with Crippen molar-refractivity contribution in [2.24, 2.45) is 0 Å². The zero-order chi connectivity index (χ0) is 13.8. The predicted octanol–water partition coefficient (Wildman–Crippen LogP) is 2.34. The Morgan fingerprint density at radius 3 is 2.21 bits per heavy atom. The molecule has 4 heteroatoms. The first-order valence-electron chi connectivity index (χ1n) is 6.08. The van der Waals surface area contributed by atoms with Gasteiger partial charge >= 0.3 is 0 Å². The largest absolute Gasteiger partial charge is 0.399 e. The van der Waals surface area contributed by atoms with E-state index in [1.807, 2.05) is 37.3 Å². The minimum Gasteiger partial charge on any atom is -0.399 e. The van der Waals surface area contributed by atoms with Crippen LogP contribution in [0.25, 0.3) is 0 Å². The zero-order valence-electron chi connectivity index (χ0n) is 10.8. The third-order valence-electron chi connectivity index (χ3n) is 2.89. The molecule has 0 aliphatic heterocycles. The molecule has 0 saturated heterocycles. The number of rotatable bonds is 3. The van der Waals surface area contributed by atoms with E-state index in [9.17, 15) is 4.79 Å². The molecule has 0 spiro atoms. The Kier molecular flexibility index (Phi) is 3.71. The van der Waals surface area contributed by atoms with Crippen molar-refractivity contribution < 1.29 is 4.79 Å². The molecule has 0 saturated carbocycles. The van der Waals surface area contributed by atoms with Crippen molar-refractivity contribution in [3.05, 3.63) is 59.7 Å². The summed E-state index contributed by atoms with van der Waals surface area (Å²) >= 11 is 0. The number of carbonyl (C=O) groups excluding carboxylic acids is 1. The molecule has 0 fully saturated rings. The normalized spacial score (nSPS) is 11.8. The number of anilines is 2. The van der Waals surface area contributed by atoms with Gasteiger partial charge in [-0.3, -0.25) is 4.79 Å². The topological polar surface area (TPSA) is 81.1 Å². The second-order valence-electron chi connectivity index (χ2n) is 4.49. The number of carbonyl (C=O) groups is 1. The van der Waals surface area contributed by atoms with Gasteiger partial charge < -0.3 is 16.8 Å². The first-order chi connectivity index (χ1) is 9.06. The van der Waals surface area contributed by atoms with E-state index >= 15 is 0 Å². The summed E-state index contributed by atoms with van der Waals surface area (Å²) in [7, 11) is 0. The molecule has 1 atom stereocenters. The number of benzene rings is 2. The van der Waals surface area contributed by atoms with Crippen LogP contribution in [0, 0.1) is 0 Å². The van der Waals surface area contributed by atoms with Crippen LogP contribution in [0.3, 0.4) is 0 Å². The van der Waals surface area contributed by atoms with Crippen molar-refractivity contribution in [1.82, 2.24) is 5.32 Å². The maximum absolute atomic E-state index is 12.1. The Balaban J connectivity index is 2.13. The van der Waals surface area contributed by atoms with Crippen molar-refractivity contribution >= 4 is 17.3 Å². The fourth-order valence-corrected chi connectivity index (χ4v) is 1.91. The smallest absolute Gasteiger partial charge is 0.251 e. The van der Waals surface area contributed by atoms with Gasteiger partial charge in [0, 0.05) is 16.9 Å². The van der Waals surface area contributed by atoms with Crippen molar-refractivity contribution in [2.45, 2.75) is 13.0 Å². The summed E-state index contributed by atoms with van der Waals surface area (Å²) in [4.78, 5) is 12.1. The molecule has 1 amide bonds. The molecule has 5 N–H and O–H groups in total. The van der Waals surface area contributed by atoms with Crippen LogP contribution < -0.4 is 16.8 Å². The van der Waals surface area contributed by atoms with Crippen LogP contribution in [-0.2, 0) is 0 Å². The standard InChI is InChI=1S/C15H17N3O/c1-10(11-5-3-2-4-6-11)18-15(19)12-7-13(16)9-14(17)8-12/h2-10H,16-17H2,1H3,(H,18,19). The van der Waals surface area contributed by atoms with Crippen LogP contribution in [0.4, 0.5) is 11.4 Å². The second-order valence-corrected chi connectivity index (χ2v) is 4.49. The highest BCUT2D eigenvalue weighted by molar-refractivity contribution is 5.96. The second kappa shape index (κ2) is 5.44. The lowest BCUT2D eigenvalue weighted by Gasteiger charge is -2.14. The molecule has 0 aliphatic carbocycles. The van der Waals surface area contributed by atoms with E-state index < -0.39 is 0 Å². The van der Waals surface area contributed by atoms with E-state index in [0.717, 1.165) is 5.56 Å².